The van der Waals surface area contributed by atoms with Gasteiger partial charge in [0.15, 0.2) is 28.4 Å². The van der Waals surface area contributed by atoms with E-state index in [0.717, 1.165) is 25.7 Å². The number of aliphatic hydroxyl groups excluding tert-OH is 1. The van der Waals surface area contributed by atoms with Gasteiger partial charge in [-0.05, 0) is 12.8 Å². The zero-order valence-corrected chi connectivity index (χ0v) is 15.6. The molecule has 0 aromatic carbocycles. The molecule has 27 heavy (non-hydrogen) atoms. The molecular formula is C15H25ClN8O3. The monoisotopic (exact) mass is 400 g/mol. The summed E-state index contributed by atoms with van der Waals surface area (Å²) in [5.74, 6) is -1.24. The third kappa shape index (κ3) is 8.51. The average Bonchev–Trinajstić information content (AvgIpc) is 2.61. The van der Waals surface area contributed by atoms with Gasteiger partial charge < -0.3 is 27.2 Å². The Kier molecular flexibility index (Phi) is 9.83. The van der Waals surface area contributed by atoms with Crippen LogP contribution in [-0.2, 0) is 4.79 Å². The van der Waals surface area contributed by atoms with Gasteiger partial charge in [-0.1, -0.05) is 24.4 Å². The van der Waals surface area contributed by atoms with Crippen molar-refractivity contribution < 1.29 is 14.7 Å². The number of nitrogens with zero attached hydrogens (tertiary/aromatic N) is 2. The van der Waals surface area contributed by atoms with Gasteiger partial charge in [0.05, 0.1) is 6.61 Å². The zero-order chi connectivity index (χ0) is 20.2. The number of aromatic nitrogens is 2. The van der Waals surface area contributed by atoms with Crippen molar-refractivity contribution >= 4 is 41.0 Å². The molecule has 12 heteroatoms. The molecule has 0 aliphatic heterocycles. The van der Waals surface area contributed by atoms with Crippen LogP contribution in [-0.4, -0.2) is 52.5 Å². The van der Waals surface area contributed by atoms with Gasteiger partial charge in [0, 0.05) is 19.5 Å². The van der Waals surface area contributed by atoms with Gasteiger partial charge in [-0.25, -0.2) is 9.97 Å². The Labute approximate surface area is 161 Å². The van der Waals surface area contributed by atoms with Gasteiger partial charge in [-0.15, -0.1) is 0 Å². The summed E-state index contributed by atoms with van der Waals surface area (Å²) < 4.78 is 0. The second-order valence-electron chi connectivity index (χ2n) is 5.63. The second kappa shape index (κ2) is 11.9. The van der Waals surface area contributed by atoms with E-state index in [-0.39, 0.29) is 47.5 Å². The highest BCUT2D eigenvalue weighted by Gasteiger charge is 2.16. The maximum absolute atomic E-state index is 12.0. The molecule has 0 radical (unpaired) electrons. The van der Waals surface area contributed by atoms with Gasteiger partial charge in [0.1, 0.15) is 0 Å². The van der Waals surface area contributed by atoms with Crippen LogP contribution in [0, 0.1) is 5.41 Å². The molecule has 1 aromatic heterocycles. The molecular weight excluding hydrogens is 376 g/mol. The van der Waals surface area contributed by atoms with E-state index in [1.165, 1.54) is 0 Å². The number of amides is 2. The number of unbranched alkanes of at least 4 members (excludes halogenated alkanes) is 3. The Morgan fingerprint density at radius 2 is 1.74 bits per heavy atom. The Morgan fingerprint density at radius 1 is 1.04 bits per heavy atom. The van der Waals surface area contributed by atoms with E-state index in [0.29, 0.717) is 13.0 Å². The summed E-state index contributed by atoms with van der Waals surface area (Å²) in [6, 6.07) is 0. The fourth-order valence-corrected chi connectivity index (χ4v) is 2.21. The van der Waals surface area contributed by atoms with Crippen LogP contribution in [0.2, 0.25) is 5.15 Å². The molecule has 0 atom stereocenters. The van der Waals surface area contributed by atoms with Gasteiger partial charge in [-0.3, -0.25) is 20.3 Å². The minimum Gasteiger partial charge on any atom is -0.395 e. The Balaban J connectivity index is 2.20. The fraction of sp³-hybridized carbons (Fsp3) is 0.533. The molecule has 150 valence electrons. The van der Waals surface area contributed by atoms with E-state index in [1.807, 2.05) is 0 Å². The Bertz CT molecular complexity index is 671. The van der Waals surface area contributed by atoms with E-state index in [2.05, 4.69) is 25.9 Å². The number of aliphatic hydroxyl groups is 1. The van der Waals surface area contributed by atoms with Crippen LogP contribution in [0.3, 0.4) is 0 Å². The lowest BCUT2D eigenvalue weighted by Gasteiger charge is -2.10. The molecule has 9 N–H and O–H groups in total. The smallest absolute Gasteiger partial charge is 0.280 e. The quantitative estimate of drug-likeness (QED) is 0.157. The molecule has 0 aliphatic rings. The minimum atomic E-state index is -0.715. The SMILES string of the molecule is N=C(NCCCCCCC(=O)NCCO)NC(=O)c1nc(Cl)c(N)nc1N. The zero-order valence-electron chi connectivity index (χ0n) is 14.8. The molecule has 0 saturated heterocycles. The van der Waals surface area contributed by atoms with Gasteiger partial charge >= 0.3 is 0 Å². The van der Waals surface area contributed by atoms with Crippen molar-refractivity contribution in [3.8, 4) is 0 Å². The first-order chi connectivity index (χ1) is 12.8. The summed E-state index contributed by atoms with van der Waals surface area (Å²) in [6.45, 7) is 0.695. The molecule has 1 heterocycles. The summed E-state index contributed by atoms with van der Waals surface area (Å²) >= 11 is 5.72. The third-order valence-corrected chi connectivity index (χ3v) is 3.70. The van der Waals surface area contributed by atoms with Gasteiger partial charge in [0.25, 0.3) is 5.91 Å². The fourth-order valence-electron chi connectivity index (χ4n) is 2.09. The standard InChI is InChI=1S/C15H25ClN8O3/c16-11-13(18)23-12(17)10(22-11)14(27)24-15(19)21-6-4-2-1-3-5-9(26)20-7-8-25/h25H,1-8H2,(H,20,26)(H4,17,18,23)(H3,19,21,24,27). The van der Waals surface area contributed by atoms with Crippen molar-refractivity contribution in [1.29, 1.82) is 5.41 Å². The van der Waals surface area contributed by atoms with Crippen molar-refractivity contribution in [2.75, 3.05) is 31.2 Å². The van der Waals surface area contributed by atoms with E-state index in [9.17, 15) is 9.59 Å². The summed E-state index contributed by atoms with van der Waals surface area (Å²) in [4.78, 5) is 30.8. The predicted octanol–water partition coefficient (Wildman–Crippen LogP) is -0.392. The number of nitrogens with two attached hydrogens (primary N) is 2. The predicted molar refractivity (Wildman–Crippen MR) is 102 cm³/mol. The summed E-state index contributed by atoms with van der Waals surface area (Å²) in [5.41, 5.74) is 10.8. The molecule has 1 aromatic rings. The Hall–Kier alpha value is -2.66. The number of hydrogen-bond acceptors (Lipinski definition) is 8. The van der Waals surface area contributed by atoms with Crippen LogP contribution < -0.4 is 27.4 Å². The van der Waals surface area contributed by atoms with Crippen molar-refractivity contribution in [2.45, 2.75) is 32.1 Å². The molecule has 1 rings (SSSR count). The highest BCUT2D eigenvalue weighted by Crippen LogP contribution is 2.17. The lowest BCUT2D eigenvalue weighted by atomic mass is 10.1. The van der Waals surface area contributed by atoms with Crippen LogP contribution in [0.5, 0.6) is 0 Å². The number of carbonyl (C=O) groups excluding carboxylic acids is 2. The first-order valence-electron chi connectivity index (χ1n) is 8.45. The number of rotatable bonds is 10. The highest BCUT2D eigenvalue weighted by atomic mass is 35.5. The van der Waals surface area contributed by atoms with Crippen molar-refractivity contribution in [3.05, 3.63) is 10.8 Å². The third-order valence-electron chi connectivity index (χ3n) is 3.42. The van der Waals surface area contributed by atoms with Crippen molar-refractivity contribution in [2.24, 2.45) is 0 Å². The van der Waals surface area contributed by atoms with Crippen LogP contribution in [0.15, 0.2) is 0 Å². The number of nitrogen functional groups attached to an aromatic ring is 2. The number of anilines is 2. The molecule has 0 unspecified atom stereocenters. The normalized spacial score (nSPS) is 10.3. The minimum absolute atomic E-state index is 0.0650. The van der Waals surface area contributed by atoms with Gasteiger partial charge in [-0.2, -0.15) is 0 Å². The molecule has 11 nitrogen and oxygen atoms in total. The van der Waals surface area contributed by atoms with E-state index >= 15 is 0 Å². The number of carbonyl (C=O) groups is 2. The maximum atomic E-state index is 12.0. The lowest BCUT2D eigenvalue weighted by molar-refractivity contribution is -0.121. The van der Waals surface area contributed by atoms with Crippen molar-refractivity contribution in [3.63, 3.8) is 0 Å². The highest BCUT2D eigenvalue weighted by molar-refractivity contribution is 6.31. The van der Waals surface area contributed by atoms with Crippen LogP contribution >= 0.6 is 11.6 Å². The molecule has 0 spiro atoms. The molecule has 0 saturated carbocycles. The molecule has 0 fully saturated rings. The van der Waals surface area contributed by atoms with E-state index in [4.69, 9.17) is 33.6 Å². The van der Waals surface area contributed by atoms with Gasteiger partial charge in [0.2, 0.25) is 5.91 Å². The van der Waals surface area contributed by atoms with Crippen LogP contribution in [0.1, 0.15) is 42.6 Å². The summed E-state index contributed by atoms with van der Waals surface area (Å²) in [6.07, 6.45) is 3.68. The number of halogens is 1. The maximum Gasteiger partial charge on any atom is 0.280 e. The number of nitrogens with one attached hydrogen (secondary N) is 4. The first-order valence-corrected chi connectivity index (χ1v) is 8.82. The van der Waals surface area contributed by atoms with Crippen LogP contribution in [0.25, 0.3) is 0 Å². The molecule has 0 bridgehead atoms. The average molecular weight is 401 g/mol. The van der Waals surface area contributed by atoms with Crippen LogP contribution in [0.4, 0.5) is 11.6 Å². The second-order valence-corrected chi connectivity index (χ2v) is 5.99. The number of guanidine groups is 1. The first kappa shape index (κ1) is 22.4. The largest absolute Gasteiger partial charge is 0.395 e. The van der Waals surface area contributed by atoms with E-state index < -0.39 is 5.91 Å². The summed E-state index contributed by atoms with van der Waals surface area (Å²) in [7, 11) is 0. The topological polar surface area (TPSA) is 192 Å². The summed E-state index contributed by atoms with van der Waals surface area (Å²) in [5, 5.41) is 23.8. The number of hydrogen-bond donors (Lipinski definition) is 7. The lowest BCUT2D eigenvalue weighted by Crippen LogP contribution is -2.41. The Morgan fingerprint density at radius 3 is 2.44 bits per heavy atom. The van der Waals surface area contributed by atoms with Crippen molar-refractivity contribution in [1.82, 2.24) is 25.9 Å². The molecule has 0 aliphatic carbocycles. The molecule has 2 amide bonds. The van der Waals surface area contributed by atoms with E-state index in [1.54, 1.807) is 0 Å².